The summed E-state index contributed by atoms with van der Waals surface area (Å²) in [5, 5.41) is 41.8. The largest absolute Gasteiger partial charge is 0.396 e. The molecule has 170 valence electrons. The van der Waals surface area contributed by atoms with Gasteiger partial charge in [0.2, 0.25) is 0 Å². The van der Waals surface area contributed by atoms with E-state index in [0.717, 1.165) is 36.3 Å². The Bertz CT molecular complexity index is 880. The summed E-state index contributed by atoms with van der Waals surface area (Å²) in [5.41, 5.74) is 7.42. The van der Waals surface area contributed by atoms with Crippen molar-refractivity contribution in [2.45, 2.75) is 77.1 Å². The van der Waals surface area contributed by atoms with Crippen molar-refractivity contribution in [2.24, 2.45) is 5.92 Å². The van der Waals surface area contributed by atoms with Crippen LogP contribution in [0.25, 0.3) is 0 Å². The van der Waals surface area contributed by atoms with Crippen molar-refractivity contribution >= 4 is 11.6 Å². The van der Waals surface area contributed by atoms with E-state index in [0.29, 0.717) is 0 Å². The van der Waals surface area contributed by atoms with E-state index in [4.69, 9.17) is 11.6 Å². The highest BCUT2D eigenvalue weighted by atomic mass is 35.5. The van der Waals surface area contributed by atoms with Crippen molar-refractivity contribution in [3.05, 3.63) is 68.7 Å². The van der Waals surface area contributed by atoms with E-state index in [1.807, 2.05) is 31.2 Å². The van der Waals surface area contributed by atoms with Crippen molar-refractivity contribution in [1.82, 2.24) is 0 Å². The maximum atomic E-state index is 10.9. The third-order valence-electron chi connectivity index (χ3n) is 6.95. The minimum absolute atomic E-state index is 0.248. The number of hydrogen-bond acceptors (Lipinski definition) is 4. The van der Waals surface area contributed by atoms with Crippen LogP contribution in [0.4, 0.5) is 0 Å². The van der Waals surface area contributed by atoms with Gasteiger partial charge in [0, 0.05) is 23.5 Å². The van der Waals surface area contributed by atoms with Crippen LogP contribution in [0, 0.1) is 12.8 Å². The van der Waals surface area contributed by atoms with Crippen LogP contribution in [0.1, 0.15) is 66.0 Å². The van der Waals surface area contributed by atoms with Crippen molar-refractivity contribution in [3.63, 3.8) is 0 Å². The molecule has 0 amide bonds. The fraction of sp³-hybridized carbons (Fsp3) is 0.538. The number of benzene rings is 2. The van der Waals surface area contributed by atoms with Gasteiger partial charge in [0.25, 0.3) is 0 Å². The molecule has 0 fully saturated rings. The third kappa shape index (κ3) is 5.32. The molecule has 0 aromatic heterocycles. The summed E-state index contributed by atoms with van der Waals surface area (Å²) in [6.07, 6.45) is 1.58. The van der Waals surface area contributed by atoms with E-state index < -0.39 is 24.2 Å². The first-order valence-electron chi connectivity index (χ1n) is 11.3. The Balaban J connectivity index is 1.96. The second kappa shape index (κ2) is 10.5. The minimum Gasteiger partial charge on any atom is -0.396 e. The van der Waals surface area contributed by atoms with E-state index in [-0.39, 0.29) is 12.5 Å². The minimum atomic E-state index is -1.33. The van der Waals surface area contributed by atoms with Gasteiger partial charge in [-0.1, -0.05) is 43.6 Å². The van der Waals surface area contributed by atoms with E-state index >= 15 is 0 Å². The lowest BCUT2D eigenvalue weighted by molar-refractivity contribution is -0.0911. The number of fused-ring (bicyclic) bond motifs is 1. The maximum Gasteiger partial charge on any atom is 0.107 e. The van der Waals surface area contributed by atoms with Crippen LogP contribution in [0.15, 0.2) is 30.3 Å². The Kier molecular flexibility index (Phi) is 8.17. The lowest BCUT2D eigenvalue weighted by atomic mass is 9.77. The number of aliphatic hydroxyl groups excluding tert-OH is 4. The zero-order valence-corrected chi connectivity index (χ0v) is 19.4. The van der Waals surface area contributed by atoms with Crippen LogP contribution in [0.5, 0.6) is 0 Å². The summed E-state index contributed by atoms with van der Waals surface area (Å²) in [6.45, 7) is 5.41. The molecule has 5 heteroatoms. The topological polar surface area (TPSA) is 80.9 Å². The van der Waals surface area contributed by atoms with Crippen LogP contribution >= 0.6 is 11.6 Å². The Morgan fingerprint density at radius 3 is 2.13 bits per heavy atom. The molecule has 5 unspecified atom stereocenters. The SMILES string of the molecule is Cc1c(C(C)C(O)C(O)C(O)C(C)CO)cc(Cc2ccc(Cl)cc2)c2c1CCCC2. The Morgan fingerprint density at radius 1 is 0.903 bits per heavy atom. The molecule has 2 aromatic carbocycles. The summed E-state index contributed by atoms with van der Waals surface area (Å²) in [6, 6.07) is 10.1. The molecule has 1 aliphatic carbocycles. The molecule has 0 bridgehead atoms. The molecular weight excluding hydrogens is 412 g/mol. The van der Waals surface area contributed by atoms with Crippen molar-refractivity contribution < 1.29 is 20.4 Å². The van der Waals surface area contributed by atoms with E-state index in [2.05, 4.69) is 13.0 Å². The van der Waals surface area contributed by atoms with E-state index in [9.17, 15) is 20.4 Å². The average Bonchev–Trinajstić information content (AvgIpc) is 2.79. The second-order valence-corrected chi connectivity index (χ2v) is 9.57. The van der Waals surface area contributed by atoms with Crippen molar-refractivity contribution in [3.8, 4) is 0 Å². The summed E-state index contributed by atoms with van der Waals surface area (Å²) in [4.78, 5) is 0. The number of rotatable bonds is 8. The maximum absolute atomic E-state index is 10.9. The van der Waals surface area contributed by atoms with Crippen molar-refractivity contribution in [1.29, 1.82) is 0 Å². The molecule has 3 rings (SSSR count). The quantitative estimate of drug-likeness (QED) is 0.495. The third-order valence-corrected chi connectivity index (χ3v) is 7.20. The average molecular weight is 447 g/mol. The molecule has 4 N–H and O–H groups in total. The standard InChI is InChI=1S/C26H35ClO4/c1-15(14-28)24(29)26(31)25(30)17(3)23-13-19(12-18-8-10-20(27)11-9-18)22-7-5-4-6-21(22)16(23)2/h8-11,13,15,17,24-26,28-31H,4-7,12,14H2,1-3H3. The summed E-state index contributed by atoms with van der Waals surface area (Å²) < 4.78 is 0. The molecule has 5 atom stereocenters. The Morgan fingerprint density at radius 2 is 1.52 bits per heavy atom. The first kappa shape index (κ1) is 24.2. The first-order chi connectivity index (χ1) is 14.7. The van der Waals surface area contributed by atoms with Crippen molar-refractivity contribution in [2.75, 3.05) is 6.61 Å². The van der Waals surface area contributed by atoms with Gasteiger partial charge in [0.1, 0.15) is 6.10 Å². The lowest BCUT2D eigenvalue weighted by Crippen LogP contribution is -2.44. The van der Waals surface area contributed by atoms with Gasteiger partial charge in [0.05, 0.1) is 12.2 Å². The van der Waals surface area contributed by atoms with Gasteiger partial charge >= 0.3 is 0 Å². The highest BCUT2D eigenvalue weighted by Gasteiger charge is 2.34. The van der Waals surface area contributed by atoms with Gasteiger partial charge in [-0.2, -0.15) is 0 Å². The van der Waals surface area contributed by atoms with E-state index in [1.54, 1.807) is 6.92 Å². The second-order valence-electron chi connectivity index (χ2n) is 9.14. The molecule has 0 saturated heterocycles. The summed E-state index contributed by atoms with van der Waals surface area (Å²) >= 11 is 6.05. The number of aliphatic hydroxyl groups is 4. The Labute approximate surface area is 190 Å². The molecule has 0 heterocycles. The normalized spacial score (nSPS) is 18.7. The van der Waals surface area contributed by atoms with Crippen LogP contribution < -0.4 is 0 Å². The molecule has 2 aromatic rings. The Hall–Kier alpha value is -1.43. The monoisotopic (exact) mass is 446 g/mol. The highest BCUT2D eigenvalue weighted by molar-refractivity contribution is 6.30. The fourth-order valence-electron chi connectivity index (χ4n) is 4.81. The van der Waals surface area contributed by atoms with Gasteiger partial charge in [-0.3, -0.25) is 0 Å². The molecule has 4 nitrogen and oxygen atoms in total. The van der Waals surface area contributed by atoms with Gasteiger partial charge < -0.3 is 20.4 Å². The highest BCUT2D eigenvalue weighted by Crippen LogP contribution is 2.36. The van der Waals surface area contributed by atoms with Crippen LogP contribution in [-0.4, -0.2) is 45.3 Å². The lowest BCUT2D eigenvalue weighted by Gasteiger charge is -2.32. The fourth-order valence-corrected chi connectivity index (χ4v) is 4.94. The molecule has 0 aliphatic heterocycles. The van der Waals surface area contributed by atoms with Gasteiger partial charge in [0.15, 0.2) is 0 Å². The molecule has 1 aliphatic rings. The molecule has 0 spiro atoms. The smallest absolute Gasteiger partial charge is 0.107 e. The molecular formula is C26H35ClO4. The number of hydrogen-bond donors (Lipinski definition) is 4. The van der Waals surface area contributed by atoms with E-state index in [1.165, 1.54) is 34.2 Å². The molecule has 0 saturated carbocycles. The zero-order valence-electron chi connectivity index (χ0n) is 18.7. The van der Waals surface area contributed by atoms with Gasteiger partial charge in [-0.05, 0) is 84.5 Å². The zero-order chi connectivity index (χ0) is 22.7. The van der Waals surface area contributed by atoms with Crippen LogP contribution in [-0.2, 0) is 19.3 Å². The predicted octanol–water partition coefficient (Wildman–Crippen LogP) is 3.93. The van der Waals surface area contributed by atoms with Crippen LogP contribution in [0.2, 0.25) is 5.02 Å². The van der Waals surface area contributed by atoms with Crippen LogP contribution in [0.3, 0.4) is 0 Å². The molecule has 0 radical (unpaired) electrons. The summed E-state index contributed by atoms with van der Waals surface area (Å²) in [7, 11) is 0. The first-order valence-corrected chi connectivity index (χ1v) is 11.7. The number of halogens is 1. The molecule has 31 heavy (non-hydrogen) atoms. The van der Waals surface area contributed by atoms with Gasteiger partial charge in [-0.15, -0.1) is 0 Å². The predicted molar refractivity (Wildman–Crippen MR) is 125 cm³/mol. The van der Waals surface area contributed by atoms with Gasteiger partial charge in [-0.25, -0.2) is 0 Å². The summed E-state index contributed by atoms with van der Waals surface area (Å²) in [5.74, 6) is -0.867.